The SMILES string of the molecule is CCOC(=O)c1[nH]nc2c1C(c1ccc(F)cc1)C(C#N)=C(N)O2. The molecular formula is C16H13FN4O3. The van der Waals surface area contributed by atoms with Crippen LogP contribution in [0.1, 0.15) is 34.5 Å². The second-order valence-electron chi connectivity index (χ2n) is 5.01. The van der Waals surface area contributed by atoms with Crippen molar-refractivity contribution in [2.75, 3.05) is 6.61 Å². The molecule has 1 aromatic heterocycles. The number of halogens is 1. The summed E-state index contributed by atoms with van der Waals surface area (Å²) < 4.78 is 23.6. The van der Waals surface area contributed by atoms with Gasteiger partial charge in [0.1, 0.15) is 17.5 Å². The van der Waals surface area contributed by atoms with E-state index in [1.54, 1.807) is 6.92 Å². The molecule has 2 aromatic rings. The topological polar surface area (TPSA) is 114 Å². The number of hydrogen-bond acceptors (Lipinski definition) is 6. The van der Waals surface area contributed by atoms with E-state index in [1.165, 1.54) is 24.3 Å². The van der Waals surface area contributed by atoms with Crippen molar-refractivity contribution in [3.05, 3.63) is 58.4 Å². The quantitative estimate of drug-likeness (QED) is 0.832. The van der Waals surface area contributed by atoms with Crippen molar-refractivity contribution in [2.24, 2.45) is 5.73 Å². The molecule has 0 saturated carbocycles. The van der Waals surface area contributed by atoms with Gasteiger partial charge >= 0.3 is 5.97 Å². The molecule has 0 saturated heterocycles. The van der Waals surface area contributed by atoms with Crippen LogP contribution < -0.4 is 10.5 Å². The summed E-state index contributed by atoms with van der Waals surface area (Å²) in [6.45, 7) is 1.85. The molecule has 122 valence electrons. The van der Waals surface area contributed by atoms with Gasteiger partial charge in [-0.25, -0.2) is 9.18 Å². The molecule has 1 atom stereocenters. The summed E-state index contributed by atoms with van der Waals surface area (Å²) >= 11 is 0. The Labute approximate surface area is 136 Å². The highest BCUT2D eigenvalue weighted by Crippen LogP contribution is 2.42. The van der Waals surface area contributed by atoms with E-state index in [4.69, 9.17) is 15.2 Å². The smallest absolute Gasteiger partial charge is 0.356 e. The number of benzene rings is 1. The maximum absolute atomic E-state index is 13.2. The summed E-state index contributed by atoms with van der Waals surface area (Å²) in [5.41, 5.74) is 6.89. The Morgan fingerprint density at radius 1 is 1.50 bits per heavy atom. The van der Waals surface area contributed by atoms with Crippen LogP contribution in [0.15, 0.2) is 35.7 Å². The van der Waals surface area contributed by atoms with E-state index in [0.717, 1.165) is 0 Å². The van der Waals surface area contributed by atoms with Crippen LogP contribution in [-0.4, -0.2) is 22.8 Å². The van der Waals surface area contributed by atoms with Gasteiger partial charge in [0.05, 0.1) is 18.1 Å². The second-order valence-corrected chi connectivity index (χ2v) is 5.01. The number of aromatic nitrogens is 2. The Morgan fingerprint density at radius 2 is 2.21 bits per heavy atom. The number of hydrogen-bond donors (Lipinski definition) is 2. The van der Waals surface area contributed by atoms with Crippen molar-refractivity contribution >= 4 is 5.97 Å². The van der Waals surface area contributed by atoms with Crippen molar-refractivity contribution in [2.45, 2.75) is 12.8 Å². The minimum atomic E-state index is -0.711. The Bertz CT molecular complexity index is 864. The lowest BCUT2D eigenvalue weighted by Gasteiger charge is -2.23. The van der Waals surface area contributed by atoms with Gasteiger partial charge in [-0.2, -0.15) is 5.26 Å². The highest BCUT2D eigenvalue weighted by atomic mass is 19.1. The lowest BCUT2D eigenvalue weighted by Crippen LogP contribution is -2.22. The van der Waals surface area contributed by atoms with Crippen molar-refractivity contribution < 1.29 is 18.7 Å². The molecule has 0 fully saturated rings. The van der Waals surface area contributed by atoms with Crippen molar-refractivity contribution in [1.82, 2.24) is 10.2 Å². The van der Waals surface area contributed by atoms with Gasteiger partial charge in [-0.15, -0.1) is 5.10 Å². The largest absolute Gasteiger partial charge is 0.461 e. The predicted octanol–water partition coefficient (Wildman–Crippen LogP) is 1.94. The molecule has 1 aliphatic rings. The van der Waals surface area contributed by atoms with Gasteiger partial charge in [-0.1, -0.05) is 12.1 Å². The number of aromatic amines is 1. The van der Waals surface area contributed by atoms with E-state index >= 15 is 0 Å². The highest BCUT2D eigenvalue weighted by molar-refractivity contribution is 5.90. The molecule has 8 heteroatoms. The van der Waals surface area contributed by atoms with Crippen LogP contribution in [-0.2, 0) is 4.74 Å². The van der Waals surface area contributed by atoms with Gasteiger partial charge in [-0.05, 0) is 24.6 Å². The van der Waals surface area contributed by atoms with E-state index in [0.29, 0.717) is 11.1 Å². The van der Waals surface area contributed by atoms with E-state index in [1.807, 2.05) is 6.07 Å². The summed E-state index contributed by atoms with van der Waals surface area (Å²) in [6.07, 6.45) is 0. The molecule has 0 spiro atoms. The van der Waals surface area contributed by atoms with Crippen LogP contribution in [0.2, 0.25) is 0 Å². The molecule has 3 rings (SSSR count). The van der Waals surface area contributed by atoms with Gasteiger partial charge in [0.15, 0.2) is 5.69 Å². The molecule has 1 unspecified atom stereocenters. The summed E-state index contributed by atoms with van der Waals surface area (Å²) in [6, 6.07) is 7.55. The van der Waals surface area contributed by atoms with Crippen molar-refractivity contribution in [1.29, 1.82) is 5.26 Å². The Morgan fingerprint density at radius 3 is 2.83 bits per heavy atom. The number of H-pyrrole nitrogens is 1. The molecule has 0 radical (unpaired) electrons. The first-order valence-electron chi connectivity index (χ1n) is 7.15. The number of carbonyl (C=O) groups is 1. The standard InChI is InChI=1S/C16H13FN4O3/c1-2-23-16(22)13-12-11(8-3-5-9(17)6-4-8)10(7-18)14(19)24-15(12)21-20-13/h3-6,11H,2,19H2,1H3,(H,20,21). The predicted molar refractivity (Wildman–Crippen MR) is 80.2 cm³/mol. The average Bonchev–Trinajstić information content (AvgIpc) is 2.98. The Hall–Kier alpha value is -3.34. The third-order valence-corrected chi connectivity index (χ3v) is 3.62. The number of nitrogens with two attached hydrogens (primary N) is 1. The van der Waals surface area contributed by atoms with Crippen LogP contribution in [0, 0.1) is 17.1 Å². The summed E-state index contributed by atoms with van der Waals surface area (Å²) in [7, 11) is 0. The van der Waals surface area contributed by atoms with E-state index < -0.39 is 17.7 Å². The third kappa shape index (κ3) is 2.46. The van der Waals surface area contributed by atoms with E-state index in [9.17, 15) is 14.4 Å². The average molecular weight is 328 g/mol. The summed E-state index contributed by atoms with van der Waals surface area (Å²) in [5.74, 6) is -1.78. The maximum Gasteiger partial charge on any atom is 0.356 e. The van der Waals surface area contributed by atoms with E-state index in [2.05, 4.69) is 10.2 Å². The number of carbonyl (C=O) groups excluding carboxylic acids is 1. The van der Waals surface area contributed by atoms with Crippen LogP contribution in [0.3, 0.4) is 0 Å². The zero-order valence-electron chi connectivity index (χ0n) is 12.7. The molecule has 1 aromatic carbocycles. The molecule has 24 heavy (non-hydrogen) atoms. The first-order chi connectivity index (χ1) is 11.6. The van der Waals surface area contributed by atoms with Gasteiger partial charge in [0.25, 0.3) is 0 Å². The highest BCUT2D eigenvalue weighted by Gasteiger charge is 2.37. The fourth-order valence-corrected chi connectivity index (χ4v) is 2.59. The fourth-order valence-electron chi connectivity index (χ4n) is 2.59. The molecule has 0 aliphatic carbocycles. The van der Waals surface area contributed by atoms with Crippen LogP contribution in [0.4, 0.5) is 4.39 Å². The fraction of sp³-hybridized carbons (Fsp3) is 0.188. The minimum absolute atomic E-state index is 0.0708. The lowest BCUT2D eigenvalue weighted by molar-refractivity contribution is 0.0518. The number of nitriles is 1. The summed E-state index contributed by atoms with van der Waals surface area (Å²) in [5, 5.41) is 15.9. The number of nitrogens with zero attached hydrogens (tertiary/aromatic N) is 2. The molecule has 7 nitrogen and oxygen atoms in total. The van der Waals surface area contributed by atoms with Gasteiger partial charge < -0.3 is 15.2 Å². The van der Waals surface area contributed by atoms with Gasteiger partial charge in [0, 0.05) is 0 Å². The lowest BCUT2D eigenvalue weighted by atomic mass is 9.84. The number of nitrogens with one attached hydrogen (secondary N) is 1. The first kappa shape index (κ1) is 15.6. The number of rotatable bonds is 3. The summed E-state index contributed by atoms with van der Waals surface area (Å²) in [4.78, 5) is 12.1. The molecule has 1 aliphatic heterocycles. The third-order valence-electron chi connectivity index (χ3n) is 3.62. The maximum atomic E-state index is 13.2. The molecule has 3 N–H and O–H groups in total. The normalized spacial score (nSPS) is 16.1. The van der Waals surface area contributed by atoms with E-state index in [-0.39, 0.29) is 29.6 Å². The minimum Gasteiger partial charge on any atom is -0.461 e. The molecule has 0 bridgehead atoms. The van der Waals surface area contributed by atoms with Crippen LogP contribution >= 0.6 is 0 Å². The zero-order chi connectivity index (χ0) is 17.3. The molecular weight excluding hydrogens is 315 g/mol. The molecule has 0 amide bonds. The van der Waals surface area contributed by atoms with Gasteiger partial charge in [-0.3, -0.25) is 5.10 Å². The first-order valence-corrected chi connectivity index (χ1v) is 7.15. The Kier molecular flexibility index (Phi) is 3.92. The second kappa shape index (κ2) is 6.04. The Balaban J connectivity index is 2.19. The van der Waals surface area contributed by atoms with Crippen molar-refractivity contribution in [3.8, 4) is 11.9 Å². The van der Waals surface area contributed by atoms with Crippen LogP contribution in [0.5, 0.6) is 5.88 Å². The number of ether oxygens (including phenoxy) is 2. The number of fused-ring (bicyclic) bond motifs is 1. The zero-order valence-corrected chi connectivity index (χ0v) is 12.7. The van der Waals surface area contributed by atoms with Crippen molar-refractivity contribution in [3.63, 3.8) is 0 Å². The van der Waals surface area contributed by atoms with Gasteiger partial charge in [0.2, 0.25) is 11.8 Å². The molecule has 2 heterocycles. The van der Waals surface area contributed by atoms with Crippen LogP contribution in [0.25, 0.3) is 0 Å². The monoisotopic (exact) mass is 328 g/mol. The number of allylic oxidation sites excluding steroid dienone is 1. The number of esters is 1.